The maximum Gasteiger partial charge on any atom is 0.291 e. The molecule has 0 aliphatic rings. The normalized spacial score (nSPS) is 10.3. The number of hydrogen-bond donors (Lipinski definition) is 2. The van der Waals surface area contributed by atoms with Crippen LogP contribution in [0.4, 0.5) is 4.39 Å². The fourth-order valence-corrected chi connectivity index (χ4v) is 2.46. The number of amides is 2. The Morgan fingerprint density at radius 2 is 1.72 bits per heavy atom. The zero-order valence-electron chi connectivity index (χ0n) is 12.6. The third-order valence-electron chi connectivity index (χ3n) is 3.26. The lowest BCUT2D eigenvalue weighted by molar-refractivity contribution is 0.0841. The van der Waals surface area contributed by atoms with E-state index in [-0.39, 0.29) is 11.3 Å². The van der Waals surface area contributed by atoms with E-state index in [4.69, 9.17) is 4.52 Å². The zero-order valence-corrected chi connectivity index (χ0v) is 14.2. The molecule has 1 heterocycles. The number of rotatable bonds is 3. The van der Waals surface area contributed by atoms with E-state index in [0.717, 1.165) is 11.6 Å². The van der Waals surface area contributed by atoms with Gasteiger partial charge < -0.3 is 4.52 Å². The van der Waals surface area contributed by atoms with Crippen LogP contribution in [0.1, 0.15) is 20.8 Å². The molecule has 0 fully saturated rings. The average Bonchev–Trinajstić information content (AvgIpc) is 3.12. The summed E-state index contributed by atoms with van der Waals surface area (Å²) < 4.78 is 18.7. The molecule has 0 spiro atoms. The van der Waals surface area contributed by atoms with Crippen molar-refractivity contribution in [3.63, 3.8) is 0 Å². The highest BCUT2D eigenvalue weighted by atomic mass is 79.9. The highest BCUT2D eigenvalue weighted by molar-refractivity contribution is 9.10. The molecule has 126 valence electrons. The van der Waals surface area contributed by atoms with Gasteiger partial charge in [-0.05, 0) is 34.1 Å². The lowest BCUT2D eigenvalue weighted by atomic mass is 10.1. The van der Waals surface area contributed by atoms with Gasteiger partial charge >= 0.3 is 0 Å². The third-order valence-corrected chi connectivity index (χ3v) is 3.96. The molecule has 2 aromatic carbocycles. The number of aromatic nitrogens is 1. The zero-order chi connectivity index (χ0) is 17.8. The Hall–Kier alpha value is -3.00. The lowest BCUT2D eigenvalue weighted by Gasteiger charge is -2.07. The highest BCUT2D eigenvalue weighted by Crippen LogP contribution is 2.20. The summed E-state index contributed by atoms with van der Waals surface area (Å²) in [5.41, 5.74) is 5.21. The van der Waals surface area contributed by atoms with Crippen molar-refractivity contribution in [3.8, 4) is 11.3 Å². The molecule has 3 rings (SSSR count). The number of nitrogens with one attached hydrogen (secondary N) is 2. The standard InChI is InChI=1S/C17H11BrFN3O3/c18-13-7-6-11(19)8-12(13)16(23)20-21-17(24)14-9-15(25-22-14)10-4-2-1-3-5-10/h1-9H,(H,20,23)(H,21,24). The Balaban J connectivity index is 1.66. The summed E-state index contributed by atoms with van der Waals surface area (Å²) in [7, 11) is 0. The van der Waals surface area contributed by atoms with E-state index in [1.54, 1.807) is 0 Å². The van der Waals surface area contributed by atoms with Gasteiger partial charge in [-0.2, -0.15) is 0 Å². The first-order valence-electron chi connectivity index (χ1n) is 7.12. The van der Waals surface area contributed by atoms with Crippen LogP contribution < -0.4 is 10.9 Å². The molecular formula is C17H11BrFN3O3. The molecule has 0 unspecified atom stereocenters. The molecule has 25 heavy (non-hydrogen) atoms. The molecule has 2 N–H and O–H groups in total. The molecule has 0 atom stereocenters. The second kappa shape index (κ2) is 7.27. The SMILES string of the molecule is O=C(NNC(=O)c1cc(F)ccc1Br)c1cc(-c2ccccc2)on1. The summed E-state index contributed by atoms with van der Waals surface area (Å²) in [5.74, 6) is -1.48. The summed E-state index contributed by atoms with van der Waals surface area (Å²) in [6.45, 7) is 0. The summed E-state index contributed by atoms with van der Waals surface area (Å²) in [5, 5.41) is 3.67. The van der Waals surface area contributed by atoms with Crippen molar-refractivity contribution in [3.05, 3.63) is 76.1 Å². The van der Waals surface area contributed by atoms with E-state index in [1.165, 1.54) is 18.2 Å². The van der Waals surface area contributed by atoms with Gasteiger partial charge in [0.05, 0.1) is 5.56 Å². The first-order valence-corrected chi connectivity index (χ1v) is 7.92. The molecule has 1 aromatic heterocycles. The van der Waals surface area contributed by atoms with Gasteiger partial charge in [0.2, 0.25) is 0 Å². The number of nitrogens with zero attached hydrogens (tertiary/aromatic N) is 1. The topological polar surface area (TPSA) is 84.2 Å². The lowest BCUT2D eigenvalue weighted by Crippen LogP contribution is -2.41. The molecule has 2 amide bonds. The molecular weight excluding hydrogens is 393 g/mol. The Morgan fingerprint density at radius 1 is 1.00 bits per heavy atom. The van der Waals surface area contributed by atoms with Crippen LogP contribution in [0.25, 0.3) is 11.3 Å². The quantitative estimate of drug-likeness (QED) is 0.657. The van der Waals surface area contributed by atoms with Gasteiger partial charge in [-0.3, -0.25) is 20.4 Å². The van der Waals surface area contributed by atoms with Gasteiger partial charge in [-0.1, -0.05) is 35.5 Å². The minimum atomic E-state index is -0.675. The van der Waals surface area contributed by atoms with Crippen molar-refractivity contribution in [2.24, 2.45) is 0 Å². The van der Waals surface area contributed by atoms with E-state index in [0.29, 0.717) is 10.2 Å². The smallest absolute Gasteiger partial charge is 0.291 e. The number of benzene rings is 2. The van der Waals surface area contributed by atoms with Gasteiger partial charge in [0, 0.05) is 16.1 Å². The van der Waals surface area contributed by atoms with Crippen LogP contribution >= 0.6 is 15.9 Å². The Kier molecular flexibility index (Phi) is 4.90. The first kappa shape index (κ1) is 16.8. The van der Waals surface area contributed by atoms with E-state index in [1.807, 2.05) is 30.3 Å². The number of halogens is 2. The Bertz CT molecular complexity index is 928. The molecule has 0 radical (unpaired) electrons. The maximum atomic E-state index is 13.2. The van der Waals surface area contributed by atoms with Crippen molar-refractivity contribution in [1.29, 1.82) is 0 Å². The fourth-order valence-electron chi connectivity index (χ4n) is 2.04. The number of hydrogen-bond acceptors (Lipinski definition) is 4. The Labute approximate surface area is 150 Å². The van der Waals surface area contributed by atoms with Crippen molar-refractivity contribution >= 4 is 27.7 Å². The van der Waals surface area contributed by atoms with Gasteiger partial charge in [0.1, 0.15) is 5.82 Å². The second-order valence-corrected chi connectivity index (χ2v) is 5.83. The predicted molar refractivity (Wildman–Crippen MR) is 91.0 cm³/mol. The van der Waals surface area contributed by atoms with Crippen molar-refractivity contribution in [1.82, 2.24) is 16.0 Å². The summed E-state index contributed by atoms with van der Waals surface area (Å²) in [4.78, 5) is 24.1. The van der Waals surface area contributed by atoms with Gasteiger partial charge in [0.25, 0.3) is 11.8 Å². The molecule has 8 heteroatoms. The van der Waals surface area contributed by atoms with E-state index in [2.05, 4.69) is 31.9 Å². The Morgan fingerprint density at radius 3 is 2.48 bits per heavy atom. The molecule has 0 saturated carbocycles. The van der Waals surface area contributed by atoms with Crippen molar-refractivity contribution in [2.45, 2.75) is 0 Å². The van der Waals surface area contributed by atoms with Gasteiger partial charge in [0.15, 0.2) is 11.5 Å². The van der Waals surface area contributed by atoms with Gasteiger partial charge in [-0.15, -0.1) is 0 Å². The van der Waals surface area contributed by atoms with Crippen molar-refractivity contribution in [2.75, 3.05) is 0 Å². The summed E-state index contributed by atoms with van der Waals surface area (Å²) in [6, 6.07) is 14.2. The molecule has 0 aliphatic heterocycles. The van der Waals surface area contributed by atoms with Crippen LogP contribution in [0.2, 0.25) is 0 Å². The minimum absolute atomic E-state index is 0.00235. The van der Waals surface area contributed by atoms with Crippen LogP contribution in [0, 0.1) is 5.82 Å². The van der Waals surface area contributed by atoms with E-state index < -0.39 is 17.6 Å². The number of carbonyl (C=O) groups excluding carboxylic acids is 2. The number of hydrazine groups is 1. The molecule has 0 aliphatic carbocycles. The largest absolute Gasteiger partial charge is 0.355 e. The number of carbonyl (C=O) groups is 2. The van der Waals surface area contributed by atoms with Crippen LogP contribution in [0.15, 0.2) is 63.6 Å². The molecule has 6 nitrogen and oxygen atoms in total. The van der Waals surface area contributed by atoms with Crippen LogP contribution in [0.5, 0.6) is 0 Å². The van der Waals surface area contributed by atoms with Crippen molar-refractivity contribution < 1.29 is 18.5 Å². The summed E-state index contributed by atoms with van der Waals surface area (Å²) >= 11 is 3.14. The van der Waals surface area contributed by atoms with E-state index >= 15 is 0 Å². The highest BCUT2D eigenvalue weighted by Gasteiger charge is 2.16. The summed E-state index contributed by atoms with van der Waals surface area (Å²) in [6.07, 6.45) is 0. The van der Waals surface area contributed by atoms with Crippen LogP contribution in [-0.4, -0.2) is 17.0 Å². The van der Waals surface area contributed by atoms with Crippen LogP contribution in [-0.2, 0) is 0 Å². The monoisotopic (exact) mass is 403 g/mol. The third kappa shape index (κ3) is 3.92. The minimum Gasteiger partial charge on any atom is -0.355 e. The van der Waals surface area contributed by atoms with E-state index in [9.17, 15) is 14.0 Å². The maximum absolute atomic E-state index is 13.2. The fraction of sp³-hybridized carbons (Fsp3) is 0. The van der Waals surface area contributed by atoms with Gasteiger partial charge in [-0.25, -0.2) is 4.39 Å². The molecule has 0 saturated heterocycles. The average molecular weight is 404 g/mol. The van der Waals surface area contributed by atoms with Crippen LogP contribution in [0.3, 0.4) is 0 Å². The molecule has 3 aromatic rings. The molecule has 0 bridgehead atoms. The predicted octanol–water partition coefficient (Wildman–Crippen LogP) is 3.32. The second-order valence-electron chi connectivity index (χ2n) is 4.97. The first-order chi connectivity index (χ1) is 12.0.